The third kappa shape index (κ3) is 3.67. The second kappa shape index (κ2) is 6.72. The van der Waals surface area contributed by atoms with Crippen molar-refractivity contribution < 1.29 is 0 Å². The number of rotatable bonds is 6. The SMILES string of the molecule is CCC(C)CN(CC)C1(CN)CCCN(C)C1. The van der Waals surface area contributed by atoms with Crippen molar-refractivity contribution in [3.8, 4) is 0 Å². The highest BCUT2D eigenvalue weighted by atomic mass is 15.3. The maximum atomic E-state index is 6.13. The maximum absolute atomic E-state index is 6.13. The molecule has 1 fully saturated rings. The van der Waals surface area contributed by atoms with Crippen LogP contribution in [0.25, 0.3) is 0 Å². The average Bonchev–Trinajstić information content (AvgIpc) is 2.35. The van der Waals surface area contributed by atoms with Gasteiger partial charge >= 0.3 is 0 Å². The Balaban J connectivity index is 2.73. The first kappa shape index (κ1) is 14.9. The third-order valence-electron chi connectivity index (χ3n) is 4.41. The van der Waals surface area contributed by atoms with Gasteiger partial charge in [0, 0.05) is 25.2 Å². The molecule has 1 saturated heterocycles. The van der Waals surface area contributed by atoms with Crippen molar-refractivity contribution in [1.82, 2.24) is 9.80 Å². The number of nitrogens with two attached hydrogens (primary N) is 1. The van der Waals surface area contributed by atoms with Gasteiger partial charge in [-0.25, -0.2) is 0 Å². The number of likely N-dealkylation sites (tertiary alicyclic amines) is 1. The number of nitrogens with zero attached hydrogens (tertiary/aromatic N) is 2. The van der Waals surface area contributed by atoms with Gasteiger partial charge < -0.3 is 10.6 Å². The van der Waals surface area contributed by atoms with E-state index in [1.807, 2.05) is 0 Å². The van der Waals surface area contributed by atoms with Crippen LogP contribution in [0.2, 0.25) is 0 Å². The van der Waals surface area contributed by atoms with Crippen LogP contribution < -0.4 is 5.73 Å². The highest BCUT2D eigenvalue weighted by molar-refractivity contribution is 4.97. The van der Waals surface area contributed by atoms with Gasteiger partial charge in [0.1, 0.15) is 0 Å². The molecule has 3 heteroatoms. The summed E-state index contributed by atoms with van der Waals surface area (Å²) in [5.74, 6) is 0.769. The molecule has 1 rings (SSSR count). The van der Waals surface area contributed by atoms with Crippen LogP contribution in [-0.2, 0) is 0 Å². The molecule has 1 aliphatic heterocycles. The molecule has 0 saturated carbocycles. The Labute approximate surface area is 107 Å². The van der Waals surface area contributed by atoms with Gasteiger partial charge in [-0.05, 0) is 38.9 Å². The van der Waals surface area contributed by atoms with Crippen LogP contribution in [0.15, 0.2) is 0 Å². The van der Waals surface area contributed by atoms with Gasteiger partial charge in [-0.15, -0.1) is 0 Å². The van der Waals surface area contributed by atoms with E-state index in [1.54, 1.807) is 0 Å². The molecular weight excluding hydrogens is 210 g/mol. The minimum Gasteiger partial charge on any atom is -0.329 e. The zero-order valence-corrected chi connectivity index (χ0v) is 12.2. The highest BCUT2D eigenvalue weighted by Crippen LogP contribution is 2.27. The molecule has 0 spiro atoms. The molecule has 2 N–H and O–H groups in total. The molecule has 0 aliphatic carbocycles. The summed E-state index contributed by atoms with van der Waals surface area (Å²) in [4.78, 5) is 5.08. The van der Waals surface area contributed by atoms with Crippen molar-refractivity contribution in [2.24, 2.45) is 11.7 Å². The molecule has 0 aromatic rings. The van der Waals surface area contributed by atoms with Gasteiger partial charge in [0.15, 0.2) is 0 Å². The molecule has 0 bridgehead atoms. The fourth-order valence-corrected chi connectivity index (χ4v) is 3.06. The number of likely N-dealkylation sites (N-methyl/N-ethyl adjacent to an activating group) is 2. The van der Waals surface area contributed by atoms with Crippen molar-refractivity contribution in [3.05, 3.63) is 0 Å². The van der Waals surface area contributed by atoms with E-state index in [0.717, 1.165) is 25.6 Å². The lowest BCUT2D eigenvalue weighted by Gasteiger charge is -2.49. The normalized spacial score (nSPS) is 28.6. The zero-order chi connectivity index (χ0) is 12.9. The van der Waals surface area contributed by atoms with E-state index >= 15 is 0 Å². The number of hydrogen-bond donors (Lipinski definition) is 1. The molecule has 0 aromatic heterocycles. The van der Waals surface area contributed by atoms with Crippen molar-refractivity contribution >= 4 is 0 Å². The molecule has 0 amide bonds. The lowest BCUT2D eigenvalue weighted by Crippen LogP contribution is -2.62. The van der Waals surface area contributed by atoms with Crippen LogP contribution in [0.1, 0.15) is 40.0 Å². The minimum atomic E-state index is 0.227. The summed E-state index contributed by atoms with van der Waals surface area (Å²) in [5, 5.41) is 0. The zero-order valence-electron chi connectivity index (χ0n) is 12.2. The minimum absolute atomic E-state index is 0.227. The fraction of sp³-hybridized carbons (Fsp3) is 1.00. The molecule has 0 aromatic carbocycles. The Morgan fingerprint density at radius 3 is 2.59 bits per heavy atom. The summed E-state index contributed by atoms with van der Waals surface area (Å²) < 4.78 is 0. The van der Waals surface area contributed by atoms with Crippen molar-refractivity contribution in [1.29, 1.82) is 0 Å². The predicted octanol–water partition coefficient (Wildman–Crippen LogP) is 1.78. The first-order valence-corrected chi connectivity index (χ1v) is 7.21. The van der Waals surface area contributed by atoms with Crippen LogP contribution in [0.5, 0.6) is 0 Å². The van der Waals surface area contributed by atoms with Crippen LogP contribution in [0, 0.1) is 5.92 Å². The fourth-order valence-electron chi connectivity index (χ4n) is 3.06. The van der Waals surface area contributed by atoms with Gasteiger partial charge in [0.2, 0.25) is 0 Å². The van der Waals surface area contributed by atoms with Gasteiger partial charge in [-0.2, -0.15) is 0 Å². The van der Waals surface area contributed by atoms with E-state index < -0.39 is 0 Å². The molecule has 17 heavy (non-hydrogen) atoms. The molecule has 2 unspecified atom stereocenters. The number of piperidine rings is 1. The van der Waals surface area contributed by atoms with Crippen molar-refractivity contribution in [3.63, 3.8) is 0 Å². The smallest absolute Gasteiger partial charge is 0.0458 e. The predicted molar refractivity (Wildman–Crippen MR) is 75.2 cm³/mol. The molecule has 0 radical (unpaired) electrons. The Morgan fingerprint density at radius 2 is 2.12 bits per heavy atom. The van der Waals surface area contributed by atoms with E-state index in [2.05, 4.69) is 37.6 Å². The Kier molecular flexibility index (Phi) is 5.90. The van der Waals surface area contributed by atoms with Gasteiger partial charge in [-0.3, -0.25) is 4.90 Å². The van der Waals surface area contributed by atoms with E-state index in [-0.39, 0.29) is 5.54 Å². The van der Waals surface area contributed by atoms with Crippen LogP contribution >= 0.6 is 0 Å². The first-order valence-electron chi connectivity index (χ1n) is 7.21. The van der Waals surface area contributed by atoms with Gasteiger partial charge in [-0.1, -0.05) is 27.2 Å². The Morgan fingerprint density at radius 1 is 1.41 bits per heavy atom. The van der Waals surface area contributed by atoms with E-state index in [9.17, 15) is 0 Å². The van der Waals surface area contributed by atoms with Crippen LogP contribution in [0.4, 0.5) is 0 Å². The van der Waals surface area contributed by atoms with Gasteiger partial charge in [0.05, 0.1) is 0 Å². The lowest BCUT2D eigenvalue weighted by molar-refractivity contribution is 0.0199. The summed E-state index contributed by atoms with van der Waals surface area (Å²) in [6, 6.07) is 0. The third-order valence-corrected chi connectivity index (χ3v) is 4.41. The van der Waals surface area contributed by atoms with E-state index in [0.29, 0.717) is 0 Å². The van der Waals surface area contributed by atoms with E-state index in [1.165, 1.54) is 32.4 Å². The summed E-state index contributed by atoms with van der Waals surface area (Å²) in [7, 11) is 2.22. The monoisotopic (exact) mass is 241 g/mol. The second-order valence-electron chi connectivity index (χ2n) is 5.82. The summed E-state index contributed by atoms with van der Waals surface area (Å²) in [5.41, 5.74) is 6.35. The molecule has 1 aliphatic rings. The molecule has 3 nitrogen and oxygen atoms in total. The second-order valence-corrected chi connectivity index (χ2v) is 5.82. The van der Waals surface area contributed by atoms with E-state index in [4.69, 9.17) is 5.73 Å². The maximum Gasteiger partial charge on any atom is 0.0458 e. The van der Waals surface area contributed by atoms with Crippen LogP contribution in [-0.4, -0.2) is 55.1 Å². The van der Waals surface area contributed by atoms with Gasteiger partial charge in [0.25, 0.3) is 0 Å². The quantitative estimate of drug-likeness (QED) is 0.769. The summed E-state index contributed by atoms with van der Waals surface area (Å²) in [6.45, 7) is 12.4. The Bertz CT molecular complexity index is 220. The molecule has 2 atom stereocenters. The number of hydrogen-bond acceptors (Lipinski definition) is 3. The summed E-state index contributed by atoms with van der Waals surface area (Å²) in [6.07, 6.45) is 3.80. The molecule has 102 valence electrons. The highest BCUT2D eigenvalue weighted by Gasteiger charge is 2.38. The Hall–Kier alpha value is -0.120. The topological polar surface area (TPSA) is 32.5 Å². The standard InChI is InChI=1S/C14H31N3/c1-5-13(3)10-17(6-2)14(11-15)8-7-9-16(4)12-14/h13H,5-12,15H2,1-4H3. The molecular formula is C14H31N3. The summed E-state index contributed by atoms with van der Waals surface area (Å²) >= 11 is 0. The van der Waals surface area contributed by atoms with Crippen LogP contribution in [0.3, 0.4) is 0 Å². The molecule has 1 heterocycles. The average molecular weight is 241 g/mol. The largest absolute Gasteiger partial charge is 0.329 e. The first-order chi connectivity index (χ1) is 8.07. The van der Waals surface area contributed by atoms with Crippen molar-refractivity contribution in [2.45, 2.75) is 45.6 Å². The van der Waals surface area contributed by atoms with Crippen molar-refractivity contribution in [2.75, 3.05) is 39.8 Å². The lowest BCUT2D eigenvalue weighted by atomic mass is 9.86.